The summed E-state index contributed by atoms with van der Waals surface area (Å²) in [5.74, 6) is 2.06. The Hall–Kier alpha value is -3.83. The van der Waals surface area contributed by atoms with Gasteiger partial charge in [0, 0.05) is 41.3 Å². The largest absolute Gasteiger partial charge is 0.508 e. The van der Waals surface area contributed by atoms with Crippen LogP contribution in [0.2, 0.25) is 0 Å². The number of phenolic OH excluding ortho intramolecular Hbond substituents is 1. The van der Waals surface area contributed by atoms with Crippen molar-refractivity contribution in [1.82, 2.24) is 20.3 Å². The lowest BCUT2D eigenvalue weighted by Gasteiger charge is -2.44. The maximum Gasteiger partial charge on any atom is 0.175 e. The number of pyridine rings is 1. The number of piperazine rings is 1. The molecule has 0 aliphatic carbocycles. The summed E-state index contributed by atoms with van der Waals surface area (Å²) in [5.41, 5.74) is 0.143. The topological polar surface area (TPSA) is 74.2 Å². The summed E-state index contributed by atoms with van der Waals surface area (Å²) in [6, 6.07) is 5.54. The average Bonchev–Trinajstić information content (AvgIpc) is 3.05. The second-order valence-electron chi connectivity index (χ2n) is 10.5. The number of nitrogens with one attached hydrogen (secondary N) is 1. The van der Waals surface area contributed by atoms with Crippen LogP contribution >= 0.6 is 0 Å². The Labute approximate surface area is 207 Å². The van der Waals surface area contributed by atoms with Crippen molar-refractivity contribution in [2.75, 3.05) is 18.0 Å². The molecule has 2 aliphatic heterocycles. The smallest absolute Gasteiger partial charge is 0.175 e. The van der Waals surface area contributed by atoms with Crippen LogP contribution in [0.1, 0.15) is 38.1 Å². The van der Waals surface area contributed by atoms with Crippen molar-refractivity contribution in [3.63, 3.8) is 0 Å². The summed E-state index contributed by atoms with van der Waals surface area (Å²) in [7, 11) is 0. The molecule has 2 saturated heterocycles. The molecule has 2 aromatic carbocycles. The van der Waals surface area contributed by atoms with Crippen LogP contribution in [-0.4, -0.2) is 44.2 Å². The quantitative estimate of drug-likeness (QED) is 0.396. The predicted octanol–water partition coefficient (Wildman–Crippen LogP) is 4.84. The summed E-state index contributed by atoms with van der Waals surface area (Å²) < 4.78 is 30.7. The number of halogens is 2. The molecular formula is C28H25F2N5O. The van der Waals surface area contributed by atoms with Crippen LogP contribution in [0.4, 0.5) is 14.6 Å². The normalized spacial score (nSPS) is 23.4. The maximum absolute atomic E-state index is 16.2. The van der Waals surface area contributed by atoms with Gasteiger partial charge in [-0.25, -0.2) is 18.7 Å². The maximum atomic E-state index is 16.2. The van der Waals surface area contributed by atoms with Crippen LogP contribution in [0.5, 0.6) is 5.75 Å². The van der Waals surface area contributed by atoms with Crippen molar-refractivity contribution < 1.29 is 13.9 Å². The van der Waals surface area contributed by atoms with Crippen LogP contribution < -0.4 is 10.2 Å². The molecular weight excluding hydrogens is 460 g/mol. The van der Waals surface area contributed by atoms with Crippen LogP contribution in [0.25, 0.3) is 32.9 Å². The van der Waals surface area contributed by atoms with Crippen molar-refractivity contribution in [3.05, 3.63) is 53.5 Å². The second kappa shape index (κ2) is 7.58. The molecule has 0 radical (unpaired) electrons. The van der Waals surface area contributed by atoms with Crippen LogP contribution in [-0.2, 0) is 0 Å². The molecule has 2 fully saturated rings. The van der Waals surface area contributed by atoms with Gasteiger partial charge in [0.15, 0.2) is 5.82 Å². The number of aromatic hydroxyl groups is 1. The van der Waals surface area contributed by atoms with Crippen molar-refractivity contribution in [1.29, 1.82) is 0 Å². The SMILES string of the molecule is C#Cc1c(F)ccc2cc(O)cc(-c3ncc4c(N5C[C@]6(C)CC[C@](C)(C5)N6)nc(C)nc4c3F)c12. The molecule has 36 heavy (non-hydrogen) atoms. The monoisotopic (exact) mass is 485 g/mol. The van der Waals surface area contributed by atoms with E-state index in [0.717, 1.165) is 25.9 Å². The second-order valence-corrected chi connectivity index (χ2v) is 10.5. The molecule has 2 bridgehead atoms. The van der Waals surface area contributed by atoms with E-state index in [4.69, 9.17) is 11.4 Å². The molecule has 2 aromatic heterocycles. The van der Waals surface area contributed by atoms with Gasteiger partial charge >= 0.3 is 0 Å². The molecule has 6 nitrogen and oxygen atoms in total. The van der Waals surface area contributed by atoms with Gasteiger partial charge in [-0.15, -0.1) is 6.42 Å². The number of hydrogen-bond acceptors (Lipinski definition) is 6. The molecule has 6 rings (SSSR count). The third-order valence-corrected chi connectivity index (χ3v) is 7.44. The van der Waals surface area contributed by atoms with Gasteiger partial charge in [-0.2, -0.15) is 0 Å². The predicted molar refractivity (Wildman–Crippen MR) is 136 cm³/mol. The number of nitrogens with zero attached hydrogens (tertiary/aromatic N) is 4. The molecule has 0 spiro atoms. The first-order valence-electron chi connectivity index (χ1n) is 11.9. The summed E-state index contributed by atoms with van der Waals surface area (Å²) in [4.78, 5) is 15.8. The van der Waals surface area contributed by atoms with Crippen LogP contribution in [0, 0.1) is 30.9 Å². The Balaban J connectivity index is 1.58. The van der Waals surface area contributed by atoms with Gasteiger partial charge in [0.1, 0.15) is 34.4 Å². The number of anilines is 1. The molecule has 4 heterocycles. The van der Waals surface area contributed by atoms with Crippen molar-refractivity contribution in [3.8, 4) is 29.4 Å². The number of aromatic nitrogens is 3. The lowest BCUT2D eigenvalue weighted by atomic mass is 9.95. The van der Waals surface area contributed by atoms with Gasteiger partial charge in [0.05, 0.1) is 10.9 Å². The van der Waals surface area contributed by atoms with Crippen molar-refractivity contribution in [2.45, 2.75) is 44.7 Å². The van der Waals surface area contributed by atoms with Crippen molar-refractivity contribution in [2.24, 2.45) is 0 Å². The lowest BCUT2D eigenvalue weighted by Crippen LogP contribution is -2.63. The fraction of sp³-hybridized carbons (Fsp3) is 0.321. The fourth-order valence-corrected chi connectivity index (χ4v) is 6.02. The zero-order valence-corrected chi connectivity index (χ0v) is 20.3. The first kappa shape index (κ1) is 22.6. The molecule has 4 aromatic rings. The first-order chi connectivity index (χ1) is 17.1. The van der Waals surface area contributed by atoms with Crippen molar-refractivity contribution >= 4 is 27.5 Å². The van der Waals surface area contributed by atoms with Gasteiger partial charge in [0.25, 0.3) is 0 Å². The fourth-order valence-electron chi connectivity index (χ4n) is 6.02. The number of terminal acetylenes is 1. The van der Waals surface area contributed by atoms with Gasteiger partial charge in [-0.05, 0) is 57.2 Å². The van der Waals surface area contributed by atoms with E-state index in [1.807, 2.05) is 0 Å². The standard InChI is InChI=1S/C28H25F2N5O/c1-5-18-21(29)7-6-16-10-17(36)11-19(22(16)18)24-23(30)25-20(12-31-24)26(33-15(2)32-25)35-13-27(3)8-9-28(4,14-35)34-27/h1,6-7,10-12,34,36H,8-9,13-14H2,2-4H3/t27-,28+. The molecule has 2 atom stereocenters. The summed E-state index contributed by atoms with van der Waals surface area (Å²) >= 11 is 0. The highest BCUT2D eigenvalue weighted by Crippen LogP contribution is 2.41. The Kier molecular flexibility index (Phi) is 4.76. The van der Waals surface area contributed by atoms with E-state index in [9.17, 15) is 9.50 Å². The molecule has 8 heteroatoms. The number of benzene rings is 2. The van der Waals surface area contributed by atoms with Gasteiger partial charge < -0.3 is 15.3 Å². The van der Waals surface area contributed by atoms with E-state index in [2.05, 4.69) is 40.0 Å². The molecule has 0 amide bonds. The minimum absolute atomic E-state index is 0.0128. The van der Waals surface area contributed by atoms with Gasteiger partial charge in [-0.3, -0.25) is 4.98 Å². The van der Waals surface area contributed by atoms with E-state index in [1.165, 1.54) is 24.3 Å². The zero-order valence-electron chi connectivity index (χ0n) is 20.3. The molecule has 2 aliphatic rings. The number of fused-ring (bicyclic) bond motifs is 4. The Morgan fingerprint density at radius 3 is 2.53 bits per heavy atom. The lowest BCUT2D eigenvalue weighted by molar-refractivity contribution is 0.281. The average molecular weight is 486 g/mol. The third-order valence-electron chi connectivity index (χ3n) is 7.44. The molecule has 0 unspecified atom stereocenters. The number of hydrogen-bond donors (Lipinski definition) is 2. The Bertz CT molecular complexity index is 1610. The van der Waals surface area contributed by atoms with E-state index >= 15 is 4.39 Å². The Morgan fingerprint density at radius 2 is 1.83 bits per heavy atom. The zero-order chi connectivity index (χ0) is 25.4. The van der Waals surface area contributed by atoms with Gasteiger partial charge in [-0.1, -0.05) is 12.0 Å². The summed E-state index contributed by atoms with van der Waals surface area (Å²) in [6.07, 6.45) is 9.27. The minimum Gasteiger partial charge on any atom is -0.508 e. The van der Waals surface area contributed by atoms with Crippen LogP contribution in [0.15, 0.2) is 30.5 Å². The minimum atomic E-state index is -0.672. The number of phenols is 1. The summed E-state index contributed by atoms with van der Waals surface area (Å²) in [5, 5.41) is 15.4. The first-order valence-corrected chi connectivity index (χ1v) is 11.9. The highest BCUT2D eigenvalue weighted by atomic mass is 19.1. The van der Waals surface area contributed by atoms with E-state index in [0.29, 0.717) is 27.8 Å². The number of aryl methyl sites for hydroxylation is 1. The highest BCUT2D eigenvalue weighted by molar-refractivity contribution is 6.03. The van der Waals surface area contributed by atoms with Gasteiger partial charge in [0.2, 0.25) is 0 Å². The third kappa shape index (κ3) is 3.38. The van der Waals surface area contributed by atoms with E-state index in [1.54, 1.807) is 13.1 Å². The molecule has 2 N–H and O–H groups in total. The van der Waals surface area contributed by atoms with Crippen LogP contribution in [0.3, 0.4) is 0 Å². The van der Waals surface area contributed by atoms with E-state index in [-0.39, 0.29) is 39.2 Å². The summed E-state index contributed by atoms with van der Waals surface area (Å²) in [6.45, 7) is 7.61. The number of rotatable bonds is 2. The molecule has 0 saturated carbocycles. The molecule has 182 valence electrons. The highest BCUT2D eigenvalue weighted by Gasteiger charge is 2.48. The van der Waals surface area contributed by atoms with E-state index < -0.39 is 11.6 Å². The Morgan fingerprint density at radius 1 is 1.11 bits per heavy atom.